The molecule has 0 aromatic rings. The molecule has 6 N–H and O–H groups in total. The molecule has 2 unspecified atom stereocenters. The zero-order chi connectivity index (χ0) is 15.3. The normalized spacial score (nSPS) is 23.6. The molecule has 0 spiro atoms. The minimum atomic E-state index is -1.20. The monoisotopic (exact) mass is 287 g/mol. The zero-order valence-electron chi connectivity index (χ0n) is 11.2. The van der Waals surface area contributed by atoms with Crippen LogP contribution in [0.15, 0.2) is 0 Å². The topological polar surface area (TPSA) is 147 Å². The van der Waals surface area contributed by atoms with Crippen molar-refractivity contribution in [2.24, 2.45) is 23.3 Å². The second-order valence-electron chi connectivity index (χ2n) is 5.02. The Morgan fingerprint density at radius 2 is 1.60 bits per heavy atom. The summed E-state index contributed by atoms with van der Waals surface area (Å²) in [5.74, 6) is -4.95. The van der Waals surface area contributed by atoms with Crippen LogP contribution in [0.25, 0.3) is 0 Å². The standard InChI is InChI=1S/C12H21N3O5/c13-4-2-1-3-9(14)10(16)15-5-7(11(17)18)8(6-15)12(19)20/h7-9H,1-6,13-14H2,(H,17,18)(H,19,20)/t7?,8?,9-/m0/s1. The molecule has 1 amide bonds. The minimum absolute atomic E-state index is 0.101. The van der Waals surface area contributed by atoms with E-state index in [9.17, 15) is 14.4 Å². The summed E-state index contributed by atoms with van der Waals surface area (Å²) in [7, 11) is 0. The summed E-state index contributed by atoms with van der Waals surface area (Å²) in [6, 6.07) is -0.733. The highest BCUT2D eigenvalue weighted by atomic mass is 16.4. The third-order valence-electron chi connectivity index (χ3n) is 3.55. The number of carboxylic acids is 2. The first-order valence-corrected chi connectivity index (χ1v) is 6.58. The molecule has 0 aromatic carbocycles. The van der Waals surface area contributed by atoms with E-state index < -0.39 is 35.7 Å². The first-order valence-electron chi connectivity index (χ1n) is 6.58. The predicted octanol–water partition coefficient (Wildman–Crippen LogP) is -1.31. The number of carbonyl (C=O) groups is 3. The predicted molar refractivity (Wildman–Crippen MR) is 69.7 cm³/mol. The van der Waals surface area contributed by atoms with Crippen LogP contribution in [-0.4, -0.2) is 58.6 Å². The van der Waals surface area contributed by atoms with Crippen LogP contribution in [0, 0.1) is 11.8 Å². The highest BCUT2D eigenvalue weighted by Gasteiger charge is 2.44. The lowest BCUT2D eigenvalue weighted by molar-refractivity contribution is -0.151. The fourth-order valence-corrected chi connectivity index (χ4v) is 2.35. The van der Waals surface area contributed by atoms with Crippen LogP contribution in [-0.2, 0) is 14.4 Å². The van der Waals surface area contributed by atoms with Gasteiger partial charge in [-0.25, -0.2) is 0 Å². The number of rotatable bonds is 7. The van der Waals surface area contributed by atoms with E-state index in [-0.39, 0.29) is 13.1 Å². The second-order valence-corrected chi connectivity index (χ2v) is 5.02. The van der Waals surface area contributed by atoms with Gasteiger partial charge in [0.15, 0.2) is 0 Å². The van der Waals surface area contributed by atoms with Crippen molar-refractivity contribution in [2.45, 2.75) is 25.3 Å². The van der Waals surface area contributed by atoms with Gasteiger partial charge in [-0.1, -0.05) is 6.42 Å². The Labute approximate surface area is 116 Å². The molecule has 114 valence electrons. The molecular weight excluding hydrogens is 266 g/mol. The van der Waals surface area contributed by atoms with Gasteiger partial charge < -0.3 is 26.6 Å². The SMILES string of the molecule is NCCCC[C@H](N)C(=O)N1CC(C(=O)O)C(C(=O)O)C1. The van der Waals surface area contributed by atoms with Gasteiger partial charge in [-0.3, -0.25) is 14.4 Å². The molecule has 8 heteroatoms. The van der Waals surface area contributed by atoms with Crippen molar-refractivity contribution in [2.75, 3.05) is 19.6 Å². The van der Waals surface area contributed by atoms with E-state index in [2.05, 4.69) is 0 Å². The van der Waals surface area contributed by atoms with Crippen LogP contribution in [0.5, 0.6) is 0 Å². The number of carboxylic acid groups (broad SMARTS) is 2. The van der Waals surface area contributed by atoms with Crippen molar-refractivity contribution in [3.8, 4) is 0 Å². The van der Waals surface area contributed by atoms with Gasteiger partial charge in [-0.15, -0.1) is 0 Å². The molecule has 1 aliphatic heterocycles. The molecule has 1 saturated heterocycles. The fourth-order valence-electron chi connectivity index (χ4n) is 2.35. The van der Waals surface area contributed by atoms with Gasteiger partial charge in [0.2, 0.25) is 5.91 Å². The van der Waals surface area contributed by atoms with E-state index in [1.807, 2.05) is 0 Å². The first kappa shape index (κ1) is 16.4. The van der Waals surface area contributed by atoms with Gasteiger partial charge in [0.25, 0.3) is 0 Å². The first-order chi connectivity index (χ1) is 9.38. The maximum Gasteiger partial charge on any atom is 0.309 e. The lowest BCUT2D eigenvalue weighted by Gasteiger charge is -2.20. The van der Waals surface area contributed by atoms with Crippen molar-refractivity contribution >= 4 is 17.8 Å². The van der Waals surface area contributed by atoms with Gasteiger partial charge in [0.05, 0.1) is 17.9 Å². The molecule has 1 aliphatic rings. The summed E-state index contributed by atoms with van der Waals surface area (Å²) < 4.78 is 0. The summed E-state index contributed by atoms with van der Waals surface area (Å²) in [5.41, 5.74) is 11.1. The van der Waals surface area contributed by atoms with Crippen molar-refractivity contribution in [3.05, 3.63) is 0 Å². The number of hydrogen-bond acceptors (Lipinski definition) is 5. The minimum Gasteiger partial charge on any atom is -0.481 e. The number of nitrogens with two attached hydrogens (primary N) is 2. The average molecular weight is 287 g/mol. The number of nitrogens with zero attached hydrogens (tertiary/aromatic N) is 1. The Kier molecular flexibility index (Phi) is 5.90. The fraction of sp³-hybridized carbons (Fsp3) is 0.750. The van der Waals surface area contributed by atoms with E-state index in [0.29, 0.717) is 19.4 Å². The zero-order valence-corrected chi connectivity index (χ0v) is 11.2. The number of amides is 1. The Balaban J connectivity index is 2.62. The van der Waals surface area contributed by atoms with E-state index >= 15 is 0 Å². The molecule has 8 nitrogen and oxygen atoms in total. The Bertz CT molecular complexity index is 365. The molecular formula is C12H21N3O5. The Morgan fingerprint density at radius 1 is 1.10 bits per heavy atom. The molecule has 1 heterocycles. The smallest absolute Gasteiger partial charge is 0.309 e. The number of aliphatic carboxylic acids is 2. The quantitative estimate of drug-likeness (QED) is 0.425. The molecule has 0 radical (unpaired) electrons. The Hall–Kier alpha value is -1.67. The van der Waals surface area contributed by atoms with E-state index in [0.717, 1.165) is 6.42 Å². The maximum absolute atomic E-state index is 12.1. The molecule has 3 atom stereocenters. The second kappa shape index (κ2) is 7.20. The average Bonchev–Trinajstić information content (AvgIpc) is 2.83. The highest BCUT2D eigenvalue weighted by Crippen LogP contribution is 2.24. The molecule has 1 rings (SSSR count). The summed E-state index contributed by atoms with van der Waals surface area (Å²) in [6.45, 7) is 0.318. The Morgan fingerprint density at radius 3 is 2.00 bits per heavy atom. The summed E-state index contributed by atoms with van der Waals surface area (Å²) in [4.78, 5) is 35.3. The summed E-state index contributed by atoms with van der Waals surface area (Å²) in [6.07, 6.45) is 1.93. The number of carbonyl (C=O) groups excluding carboxylic acids is 1. The third kappa shape index (κ3) is 3.91. The summed E-state index contributed by atoms with van der Waals surface area (Å²) in [5, 5.41) is 18.0. The lowest BCUT2D eigenvalue weighted by Crippen LogP contribution is -2.43. The van der Waals surface area contributed by atoms with Crippen molar-refractivity contribution < 1.29 is 24.6 Å². The van der Waals surface area contributed by atoms with Crippen LogP contribution >= 0.6 is 0 Å². The van der Waals surface area contributed by atoms with Crippen LogP contribution in [0.2, 0.25) is 0 Å². The van der Waals surface area contributed by atoms with Crippen LogP contribution < -0.4 is 11.5 Å². The van der Waals surface area contributed by atoms with Crippen molar-refractivity contribution in [1.82, 2.24) is 4.90 Å². The van der Waals surface area contributed by atoms with Gasteiger partial charge in [0, 0.05) is 13.1 Å². The third-order valence-corrected chi connectivity index (χ3v) is 3.55. The molecule has 0 bridgehead atoms. The van der Waals surface area contributed by atoms with Crippen LogP contribution in [0.1, 0.15) is 19.3 Å². The maximum atomic E-state index is 12.1. The van der Waals surface area contributed by atoms with E-state index in [1.165, 1.54) is 4.90 Å². The van der Waals surface area contributed by atoms with Crippen molar-refractivity contribution in [3.63, 3.8) is 0 Å². The van der Waals surface area contributed by atoms with Gasteiger partial charge in [0.1, 0.15) is 0 Å². The van der Waals surface area contributed by atoms with E-state index in [4.69, 9.17) is 21.7 Å². The number of hydrogen-bond donors (Lipinski definition) is 4. The molecule has 0 aromatic heterocycles. The molecule has 20 heavy (non-hydrogen) atoms. The number of unbranched alkanes of at least 4 members (excludes halogenated alkanes) is 1. The summed E-state index contributed by atoms with van der Waals surface area (Å²) >= 11 is 0. The number of likely N-dealkylation sites (tertiary alicyclic amines) is 1. The molecule has 1 fully saturated rings. The van der Waals surface area contributed by atoms with Gasteiger partial charge in [-0.05, 0) is 19.4 Å². The molecule has 0 saturated carbocycles. The molecule has 0 aliphatic carbocycles. The van der Waals surface area contributed by atoms with Crippen molar-refractivity contribution in [1.29, 1.82) is 0 Å². The lowest BCUT2D eigenvalue weighted by atomic mass is 9.97. The van der Waals surface area contributed by atoms with Gasteiger partial charge >= 0.3 is 11.9 Å². The van der Waals surface area contributed by atoms with Gasteiger partial charge in [-0.2, -0.15) is 0 Å². The van der Waals surface area contributed by atoms with E-state index in [1.54, 1.807) is 0 Å². The van der Waals surface area contributed by atoms with Crippen LogP contribution in [0.3, 0.4) is 0 Å². The van der Waals surface area contributed by atoms with Crippen LogP contribution in [0.4, 0.5) is 0 Å². The largest absolute Gasteiger partial charge is 0.481 e. The highest BCUT2D eigenvalue weighted by molar-refractivity contribution is 5.86.